The van der Waals surface area contributed by atoms with E-state index in [1.54, 1.807) is 35.9 Å². The average Bonchev–Trinajstić information content (AvgIpc) is 2.88. The predicted molar refractivity (Wildman–Crippen MR) is 96.7 cm³/mol. The van der Waals surface area contributed by atoms with E-state index in [0.717, 1.165) is 36.4 Å². The summed E-state index contributed by atoms with van der Waals surface area (Å²) >= 11 is 1.61. The van der Waals surface area contributed by atoms with Gasteiger partial charge in [0.15, 0.2) is 0 Å². The lowest BCUT2D eigenvalue weighted by molar-refractivity contribution is 0.0575. The Bertz CT molecular complexity index is 789. The number of hydrogen-bond acceptors (Lipinski definition) is 4. The fraction of sp³-hybridized carbons (Fsp3) is 0.421. The number of thiophene rings is 1. The minimum Gasteiger partial charge on any atom is -0.336 e. The highest BCUT2D eigenvalue weighted by atomic mass is 32.1. The van der Waals surface area contributed by atoms with Gasteiger partial charge in [-0.2, -0.15) is 0 Å². The van der Waals surface area contributed by atoms with Gasteiger partial charge < -0.3 is 9.80 Å². The first kappa shape index (κ1) is 16.3. The van der Waals surface area contributed by atoms with Gasteiger partial charge in [0.2, 0.25) is 0 Å². The number of aryl methyl sites for hydroxylation is 1. The second-order valence-corrected chi connectivity index (χ2v) is 8.06. The first-order valence-electron chi connectivity index (χ1n) is 8.67. The van der Waals surface area contributed by atoms with E-state index in [1.807, 2.05) is 28.2 Å². The molecule has 5 heterocycles. The predicted octanol–water partition coefficient (Wildman–Crippen LogP) is 2.83. The zero-order valence-electron chi connectivity index (χ0n) is 14.2. The monoisotopic (exact) mass is 355 g/mol. The van der Waals surface area contributed by atoms with Crippen molar-refractivity contribution >= 4 is 23.2 Å². The Labute approximate surface area is 151 Å². The number of carbonyl (C=O) groups excluding carboxylic acids is 2. The molecular weight excluding hydrogens is 334 g/mol. The van der Waals surface area contributed by atoms with Crippen molar-refractivity contribution in [3.63, 3.8) is 0 Å². The average molecular weight is 355 g/mol. The molecule has 0 N–H and O–H groups in total. The van der Waals surface area contributed by atoms with Crippen molar-refractivity contribution in [2.75, 3.05) is 19.6 Å². The smallest absolute Gasteiger partial charge is 0.255 e. The lowest BCUT2D eigenvalue weighted by Crippen LogP contribution is -2.47. The van der Waals surface area contributed by atoms with Gasteiger partial charge in [-0.05, 0) is 43.9 Å². The number of nitrogens with zero attached hydrogens (tertiary/aromatic N) is 3. The normalized spacial score (nSPS) is 22.8. The van der Waals surface area contributed by atoms with E-state index >= 15 is 0 Å². The summed E-state index contributed by atoms with van der Waals surface area (Å²) < 4.78 is 0. The summed E-state index contributed by atoms with van der Waals surface area (Å²) in [7, 11) is 0. The van der Waals surface area contributed by atoms with E-state index in [-0.39, 0.29) is 17.9 Å². The molecule has 2 atom stereocenters. The Kier molecular flexibility index (Phi) is 4.29. The van der Waals surface area contributed by atoms with Crippen molar-refractivity contribution in [1.82, 2.24) is 14.8 Å². The molecule has 3 saturated heterocycles. The standard InChI is InChI=1S/C19H21N3O2S/c1-13-8-16(12-25-13)19(24)22-10-14-2-3-17(22)11-21(9-14)18(23)15-4-6-20-7-5-15/h4-8,12,14,17H,2-3,9-11H2,1H3/t14-,17+/m1/s1. The summed E-state index contributed by atoms with van der Waals surface area (Å²) in [6.07, 6.45) is 5.35. The van der Waals surface area contributed by atoms with E-state index < -0.39 is 0 Å². The van der Waals surface area contributed by atoms with Gasteiger partial charge in [-0.3, -0.25) is 14.6 Å². The van der Waals surface area contributed by atoms with Gasteiger partial charge in [-0.25, -0.2) is 0 Å². The molecule has 3 aliphatic rings. The first-order valence-corrected chi connectivity index (χ1v) is 9.55. The van der Waals surface area contributed by atoms with E-state index in [1.165, 1.54) is 0 Å². The molecule has 3 aliphatic heterocycles. The maximum absolute atomic E-state index is 12.9. The molecule has 2 amide bonds. The Morgan fingerprint density at radius 3 is 2.60 bits per heavy atom. The number of carbonyl (C=O) groups is 2. The highest BCUT2D eigenvalue weighted by molar-refractivity contribution is 7.10. The van der Waals surface area contributed by atoms with Crippen molar-refractivity contribution in [1.29, 1.82) is 0 Å². The third-order valence-corrected chi connectivity index (χ3v) is 6.03. The summed E-state index contributed by atoms with van der Waals surface area (Å²) in [5, 5.41) is 1.94. The molecule has 3 fully saturated rings. The topological polar surface area (TPSA) is 53.5 Å². The van der Waals surface area contributed by atoms with Crippen LogP contribution in [0.3, 0.4) is 0 Å². The molecule has 2 aromatic rings. The molecule has 5 rings (SSSR count). The summed E-state index contributed by atoms with van der Waals surface area (Å²) in [4.78, 5) is 34.8. The summed E-state index contributed by atoms with van der Waals surface area (Å²) in [5.41, 5.74) is 1.45. The van der Waals surface area contributed by atoms with Crippen LogP contribution in [0.15, 0.2) is 36.0 Å². The molecule has 0 radical (unpaired) electrons. The van der Waals surface area contributed by atoms with Gasteiger partial charge in [0.05, 0.1) is 5.56 Å². The third-order valence-electron chi connectivity index (χ3n) is 5.17. The number of pyridine rings is 1. The number of amides is 2. The van der Waals surface area contributed by atoms with Crippen LogP contribution < -0.4 is 0 Å². The maximum atomic E-state index is 12.9. The van der Waals surface area contributed by atoms with Gasteiger partial charge >= 0.3 is 0 Å². The quantitative estimate of drug-likeness (QED) is 0.832. The first-order chi connectivity index (χ1) is 12.1. The van der Waals surface area contributed by atoms with Crippen molar-refractivity contribution < 1.29 is 9.59 Å². The molecule has 6 heteroatoms. The van der Waals surface area contributed by atoms with Crippen LogP contribution in [0.2, 0.25) is 0 Å². The largest absolute Gasteiger partial charge is 0.336 e. The molecule has 130 valence electrons. The van der Waals surface area contributed by atoms with Gasteiger partial charge in [0.25, 0.3) is 11.8 Å². The maximum Gasteiger partial charge on any atom is 0.255 e. The fourth-order valence-corrected chi connectivity index (χ4v) is 4.57. The van der Waals surface area contributed by atoms with Crippen LogP contribution in [0, 0.1) is 12.8 Å². The highest BCUT2D eigenvalue weighted by Gasteiger charge is 2.39. The zero-order chi connectivity index (χ0) is 17.4. The second-order valence-electron chi connectivity index (χ2n) is 6.95. The number of aromatic nitrogens is 1. The van der Waals surface area contributed by atoms with Gasteiger partial charge in [-0.15, -0.1) is 11.3 Å². The van der Waals surface area contributed by atoms with Crippen molar-refractivity contribution in [2.24, 2.45) is 5.92 Å². The number of hydrogen-bond donors (Lipinski definition) is 0. The van der Waals surface area contributed by atoms with Crippen molar-refractivity contribution in [3.8, 4) is 0 Å². The zero-order valence-corrected chi connectivity index (χ0v) is 15.0. The van der Waals surface area contributed by atoms with Crippen LogP contribution in [0.5, 0.6) is 0 Å². The molecule has 2 aromatic heterocycles. The molecule has 0 spiro atoms. The fourth-order valence-electron chi connectivity index (χ4n) is 3.89. The molecule has 25 heavy (non-hydrogen) atoms. The van der Waals surface area contributed by atoms with Crippen LogP contribution >= 0.6 is 11.3 Å². The molecule has 0 saturated carbocycles. The Morgan fingerprint density at radius 2 is 1.88 bits per heavy atom. The van der Waals surface area contributed by atoms with Gasteiger partial charge in [0.1, 0.15) is 0 Å². The van der Waals surface area contributed by atoms with E-state index in [2.05, 4.69) is 4.98 Å². The Hall–Kier alpha value is -2.21. The van der Waals surface area contributed by atoms with E-state index in [4.69, 9.17) is 0 Å². The minimum absolute atomic E-state index is 0.0416. The number of fused-ring (bicyclic) bond motifs is 4. The number of rotatable bonds is 2. The van der Waals surface area contributed by atoms with Gasteiger partial charge in [-0.1, -0.05) is 0 Å². The minimum atomic E-state index is 0.0416. The second kappa shape index (κ2) is 6.59. The van der Waals surface area contributed by atoms with E-state index in [0.29, 0.717) is 18.0 Å². The van der Waals surface area contributed by atoms with Crippen LogP contribution in [-0.2, 0) is 0 Å². The lowest BCUT2D eigenvalue weighted by atomic mass is 9.94. The summed E-state index contributed by atoms with van der Waals surface area (Å²) in [5.74, 6) is 0.505. The summed E-state index contributed by atoms with van der Waals surface area (Å²) in [6, 6.07) is 5.58. The third kappa shape index (κ3) is 3.18. The van der Waals surface area contributed by atoms with E-state index in [9.17, 15) is 9.59 Å². The van der Waals surface area contributed by atoms with Crippen LogP contribution in [0.4, 0.5) is 0 Å². The van der Waals surface area contributed by atoms with Gasteiger partial charge in [0, 0.05) is 53.9 Å². The molecule has 0 unspecified atom stereocenters. The van der Waals surface area contributed by atoms with Crippen molar-refractivity contribution in [3.05, 3.63) is 52.0 Å². The van der Waals surface area contributed by atoms with Crippen LogP contribution in [0.25, 0.3) is 0 Å². The highest BCUT2D eigenvalue weighted by Crippen LogP contribution is 2.30. The Morgan fingerprint density at radius 1 is 1.08 bits per heavy atom. The molecular formula is C19H21N3O2S. The van der Waals surface area contributed by atoms with Crippen LogP contribution in [0.1, 0.15) is 38.4 Å². The number of piperidine rings is 1. The molecule has 0 aliphatic carbocycles. The molecule has 0 aromatic carbocycles. The molecule has 5 nitrogen and oxygen atoms in total. The van der Waals surface area contributed by atoms with Crippen molar-refractivity contribution in [2.45, 2.75) is 25.8 Å². The SMILES string of the molecule is Cc1cc(C(=O)N2C[C@@H]3CC[C@H]2CN(C(=O)c2ccncc2)C3)cs1. The lowest BCUT2D eigenvalue weighted by Gasteiger charge is -2.35. The summed E-state index contributed by atoms with van der Waals surface area (Å²) in [6.45, 7) is 4.11. The Balaban J connectivity index is 1.54. The van der Waals surface area contributed by atoms with Crippen LogP contribution in [-0.4, -0.2) is 52.3 Å². The molecule has 2 bridgehead atoms.